The summed E-state index contributed by atoms with van der Waals surface area (Å²) in [6.07, 6.45) is 5.06. The van der Waals surface area contributed by atoms with Gasteiger partial charge in [0.15, 0.2) is 0 Å². The third kappa shape index (κ3) is 4.59. The van der Waals surface area contributed by atoms with E-state index in [-0.39, 0.29) is 5.97 Å². The van der Waals surface area contributed by atoms with Crippen LogP contribution in [-0.2, 0) is 4.74 Å². The minimum Gasteiger partial charge on any atom is -0.456 e. The summed E-state index contributed by atoms with van der Waals surface area (Å²) >= 11 is 0. The summed E-state index contributed by atoms with van der Waals surface area (Å²) in [6, 6.07) is 8.01. The molecule has 116 valence electrons. The van der Waals surface area contributed by atoms with Crippen molar-refractivity contribution < 1.29 is 9.53 Å². The van der Waals surface area contributed by atoms with E-state index in [0.717, 1.165) is 0 Å². The number of benzene rings is 1. The van der Waals surface area contributed by atoms with Crippen molar-refractivity contribution in [2.45, 2.75) is 71.8 Å². The molecular formula is C19H28O2. The standard InChI is InChI=1S/C19H28O2/c1-18(2,3)21-17(20)16-8-6-14(7-9-16)15-10-12-19(4,5)13-11-15/h6-9,15H,10-13H2,1-5H3. The van der Waals surface area contributed by atoms with E-state index in [2.05, 4.69) is 26.0 Å². The maximum absolute atomic E-state index is 12.0. The quantitative estimate of drug-likeness (QED) is 0.688. The van der Waals surface area contributed by atoms with Crippen molar-refractivity contribution in [3.8, 4) is 0 Å². The average molecular weight is 288 g/mol. The largest absolute Gasteiger partial charge is 0.456 e. The zero-order valence-corrected chi connectivity index (χ0v) is 14.0. The highest BCUT2D eigenvalue weighted by Gasteiger charge is 2.27. The first kappa shape index (κ1) is 16.1. The first-order valence-electron chi connectivity index (χ1n) is 8.00. The zero-order chi connectivity index (χ0) is 15.7. The van der Waals surface area contributed by atoms with E-state index in [0.29, 0.717) is 16.9 Å². The third-order valence-corrected chi connectivity index (χ3v) is 4.36. The van der Waals surface area contributed by atoms with Crippen LogP contribution in [0.15, 0.2) is 24.3 Å². The van der Waals surface area contributed by atoms with Crippen LogP contribution in [0, 0.1) is 5.41 Å². The topological polar surface area (TPSA) is 26.3 Å². The van der Waals surface area contributed by atoms with Crippen molar-refractivity contribution in [1.29, 1.82) is 0 Å². The van der Waals surface area contributed by atoms with E-state index < -0.39 is 5.60 Å². The lowest BCUT2D eigenvalue weighted by atomic mass is 9.71. The van der Waals surface area contributed by atoms with Crippen molar-refractivity contribution in [2.24, 2.45) is 5.41 Å². The van der Waals surface area contributed by atoms with Crippen LogP contribution in [0.2, 0.25) is 0 Å². The van der Waals surface area contributed by atoms with Gasteiger partial charge in [0, 0.05) is 0 Å². The minimum absolute atomic E-state index is 0.237. The summed E-state index contributed by atoms with van der Waals surface area (Å²) in [5.74, 6) is 0.407. The van der Waals surface area contributed by atoms with Crippen molar-refractivity contribution in [2.75, 3.05) is 0 Å². The lowest BCUT2D eigenvalue weighted by molar-refractivity contribution is 0.00695. The molecule has 0 aliphatic heterocycles. The molecule has 1 aromatic carbocycles. The highest BCUT2D eigenvalue weighted by atomic mass is 16.6. The van der Waals surface area contributed by atoms with Gasteiger partial charge in [0.2, 0.25) is 0 Å². The van der Waals surface area contributed by atoms with Crippen molar-refractivity contribution in [1.82, 2.24) is 0 Å². The number of hydrogen-bond acceptors (Lipinski definition) is 2. The molecule has 1 aromatic rings. The molecule has 0 unspecified atom stereocenters. The van der Waals surface area contributed by atoms with Crippen molar-refractivity contribution in [3.63, 3.8) is 0 Å². The maximum Gasteiger partial charge on any atom is 0.338 e. The fourth-order valence-corrected chi connectivity index (χ4v) is 2.96. The smallest absolute Gasteiger partial charge is 0.338 e. The molecule has 0 bridgehead atoms. The Hall–Kier alpha value is -1.31. The molecule has 0 atom stereocenters. The summed E-state index contributed by atoms with van der Waals surface area (Å²) in [5, 5.41) is 0. The predicted molar refractivity (Wildman–Crippen MR) is 86.6 cm³/mol. The zero-order valence-electron chi connectivity index (χ0n) is 14.0. The number of carbonyl (C=O) groups excluding carboxylic acids is 1. The second kappa shape index (κ2) is 5.82. The number of carbonyl (C=O) groups is 1. The van der Waals surface area contributed by atoms with Gasteiger partial charge in [-0.15, -0.1) is 0 Å². The molecule has 0 aromatic heterocycles. The van der Waals surface area contributed by atoms with E-state index in [1.807, 2.05) is 32.9 Å². The van der Waals surface area contributed by atoms with Crippen LogP contribution < -0.4 is 0 Å². The summed E-state index contributed by atoms with van der Waals surface area (Å²) < 4.78 is 5.40. The Morgan fingerprint density at radius 1 is 1.10 bits per heavy atom. The molecule has 21 heavy (non-hydrogen) atoms. The van der Waals surface area contributed by atoms with Crippen LogP contribution in [0.25, 0.3) is 0 Å². The van der Waals surface area contributed by atoms with Crippen LogP contribution in [0.5, 0.6) is 0 Å². The molecule has 0 heterocycles. The number of rotatable bonds is 2. The van der Waals surface area contributed by atoms with E-state index in [1.54, 1.807) is 0 Å². The monoisotopic (exact) mass is 288 g/mol. The number of ether oxygens (including phenoxy) is 1. The molecule has 0 N–H and O–H groups in total. The molecule has 2 nitrogen and oxygen atoms in total. The van der Waals surface area contributed by atoms with Gasteiger partial charge in [-0.2, -0.15) is 0 Å². The molecule has 1 aliphatic carbocycles. The predicted octanol–water partition coefficient (Wildman–Crippen LogP) is 5.33. The van der Waals surface area contributed by atoms with Crippen LogP contribution >= 0.6 is 0 Å². The minimum atomic E-state index is -0.440. The first-order valence-corrected chi connectivity index (χ1v) is 8.00. The van der Waals surface area contributed by atoms with Crippen molar-refractivity contribution in [3.05, 3.63) is 35.4 Å². The van der Waals surface area contributed by atoms with Gasteiger partial charge in [-0.05, 0) is 75.5 Å². The van der Waals surface area contributed by atoms with Crippen LogP contribution in [0.3, 0.4) is 0 Å². The molecule has 2 rings (SSSR count). The van der Waals surface area contributed by atoms with Gasteiger partial charge in [0.1, 0.15) is 5.60 Å². The van der Waals surface area contributed by atoms with Gasteiger partial charge in [-0.25, -0.2) is 4.79 Å². The Labute approximate surface area is 128 Å². The van der Waals surface area contributed by atoms with Gasteiger partial charge in [-0.1, -0.05) is 26.0 Å². The second-order valence-corrected chi connectivity index (χ2v) is 8.06. The lowest BCUT2D eigenvalue weighted by Crippen LogP contribution is -2.24. The van der Waals surface area contributed by atoms with Gasteiger partial charge >= 0.3 is 5.97 Å². The maximum atomic E-state index is 12.0. The fraction of sp³-hybridized carbons (Fsp3) is 0.632. The summed E-state index contributed by atoms with van der Waals surface area (Å²) in [4.78, 5) is 12.0. The van der Waals surface area contributed by atoms with Gasteiger partial charge in [0.05, 0.1) is 5.56 Å². The Morgan fingerprint density at radius 2 is 1.62 bits per heavy atom. The lowest BCUT2D eigenvalue weighted by Gasteiger charge is -2.34. The molecule has 1 aliphatic rings. The van der Waals surface area contributed by atoms with Crippen LogP contribution in [0.4, 0.5) is 0 Å². The highest BCUT2D eigenvalue weighted by molar-refractivity contribution is 5.89. The van der Waals surface area contributed by atoms with Gasteiger partial charge in [-0.3, -0.25) is 0 Å². The molecule has 2 heteroatoms. The molecule has 0 radical (unpaired) electrons. The van der Waals surface area contributed by atoms with Gasteiger partial charge < -0.3 is 4.74 Å². The molecule has 1 fully saturated rings. The van der Waals surface area contributed by atoms with Crippen LogP contribution in [-0.4, -0.2) is 11.6 Å². The van der Waals surface area contributed by atoms with Gasteiger partial charge in [0.25, 0.3) is 0 Å². The Morgan fingerprint density at radius 3 is 2.10 bits per heavy atom. The molecule has 1 saturated carbocycles. The van der Waals surface area contributed by atoms with E-state index in [4.69, 9.17) is 4.74 Å². The average Bonchev–Trinajstić information content (AvgIpc) is 2.37. The Kier molecular flexibility index (Phi) is 4.46. The Bertz CT molecular complexity index is 481. The summed E-state index contributed by atoms with van der Waals surface area (Å²) in [5.41, 5.74) is 2.06. The second-order valence-electron chi connectivity index (χ2n) is 8.06. The summed E-state index contributed by atoms with van der Waals surface area (Å²) in [7, 11) is 0. The van der Waals surface area contributed by atoms with Crippen molar-refractivity contribution >= 4 is 5.97 Å². The van der Waals surface area contributed by atoms with E-state index in [9.17, 15) is 4.79 Å². The SMILES string of the molecule is CC1(C)CCC(c2ccc(C(=O)OC(C)(C)C)cc2)CC1. The molecule has 0 spiro atoms. The normalized spacial score (nSPS) is 19.3. The number of hydrogen-bond donors (Lipinski definition) is 0. The van der Waals surface area contributed by atoms with E-state index >= 15 is 0 Å². The molecule has 0 saturated heterocycles. The number of esters is 1. The van der Waals surface area contributed by atoms with Crippen LogP contribution in [0.1, 0.15) is 82.1 Å². The molecular weight excluding hydrogens is 260 g/mol. The fourth-order valence-electron chi connectivity index (χ4n) is 2.96. The highest BCUT2D eigenvalue weighted by Crippen LogP contribution is 2.42. The summed E-state index contributed by atoms with van der Waals surface area (Å²) in [6.45, 7) is 10.4. The molecule has 0 amide bonds. The van der Waals surface area contributed by atoms with E-state index in [1.165, 1.54) is 31.2 Å². The Balaban J connectivity index is 2.01. The third-order valence-electron chi connectivity index (χ3n) is 4.36. The first-order chi connectivity index (χ1) is 9.66.